The van der Waals surface area contributed by atoms with Gasteiger partial charge in [-0.15, -0.1) is 0 Å². The van der Waals surface area contributed by atoms with Crippen molar-refractivity contribution < 1.29 is 9.59 Å². The average Bonchev–Trinajstić information content (AvgIpc) is 2.95. The molecule has 1 unspecified atom stereocenters. The summed E-state index contributed by atoms with van der Waals surface area (Å²) in [6.45, 7) is 4.18. The fraction of sp³-hybridized carbons (Fsp3) is 0.818. The molecule has 1 saturated heterocycles. The van der Waals surface area contributed by atoms with Crippen molar-refractivity contribution in [2.75, 3.05) is 19.6 Å². The number of rotatable bonds is 4. The molecule has 1 aliphatic carbocycles. The first-order valence-electron chi connectivity index (χ1n) is 5.76. The van der Waals surface area contributed by atoms with Crippen LogP contribution in [-0.4, -0.2) is 36.3 Å². The molecule has 2 fully saturated rings. The maximum atomic E-state index is 12.0. The van der Waals surface area contributed by atoms with Gasteiger partial charge in [0.15, 0.2) is 0 Å². The molecule has 0 aromatic rings. The Bertz CT molecular complexity index is 274. The third kappa shape index (κ3) is 2.49. The number of hydrogen-bond acceptors (Lipinski definition) is 2. The maximum absolute atomic E-state index is 12.0. The number of nitrogens with one attached hydrogen (secondary N) is 1. The zero-order valence-corrected chi connectivity index (χ0v) is 9.16. The molecule has 0 radical (unpaired) electrons. The van der Waals surface area contributed by atoms with Crippen LogP contribution in [-0.2, 0) is 9.59 Å². The van der Waals surface area contributed by atoms with Gasteiger partial charge in [0.25, 0.3) is 0 Å². The molecule has 1 saturated carbocycles. The van der Waals surface area contributed by atoms with Gasteiger partial charge in [0.05, 0.1) is 5.92 Å². The minimum atomic E-state index is -0.115. The van der Waals surface area contributed by atoms with Crippen LogP contribution in [0.2, 0.25) is 0 Å². The van der Waals surface area contributed by atoms with Crippen LogP contribution in [0.5, 0.6) is 0 Å². The van der Waals surface area contributed by atoms with E-state index in [9.17, 15) is 9.59 Å². The first-order chi connectivity index (χ1) is 7.20. The van der Waals surface area contributed by atoms with E-state index in [-0.39, 0.29) is 17.7 Å². The largest absolute Gasteiger partial charge is 0.355 e. The summed E-state index contributed by atoms with van der Waals surface area (Å²) in [4.78, 5) is 24.9. The Morgan fingerprint density at radius 1 is 1.53 bits per heavy atom. The predicted octanol–water partition coefficient (Wildman–Crippen LogP) is 0.381. The molecule has 4 heteroatoms. The smallest absolute Gasteiger partial charge is 0.227 e. The van der Waals surface area contributed by atoms with Crippen molar-refractivity contribution in [2.45, 2.75) is 26.2 Å². The molecule has 84 valence electrons. The lowest BCUT2D eigenvalue weighted by molar-refractivity contribution is -0.135. The molecular weight excluding hydrogens is 192 g/mol. The zero-order chi connectivity index (χ0) is 10.8. The summed E-state index contributed by atoms with van der Waals surface area (Å²) in [5.74, 6) is 0.772. The molecule has 15 heavy (non-hydrogen) atoms. The van der Waals surface area contributed by atoms with Gasteiger partial charge < -0.3 is 10.2 Å². The lowest BCUT2D eigenvalue weighted by Crippen LogP contribution is -2.38. The molecule has 0 bridgehead atoms. The predicted molar refractivity (Wildman–Crippen MR) is 56.1 cm³/mol. The molecule has 1 N–H and O–H groups in total. The minimum Gasteiger partial charge on any atom is -0.355 e. The van der Waals surface area contributed by atoms with E-state index in [0.29, 0.717) is 13.0 Å². The van der Waals surface area contributed by atoms with Crippen LogP contribution in [0.4, 0.5) is 0 Å². The highest BCUT2D eigenvalue weighted by Gasteiger charge is 2.33. The van der Waals surface area contributed by atoms with Crippen molar-refractivity contribution in [2.24, 2.45) is 11.8 Å². The number of hydrogen-bond donors (Lipinski definition) is 1. The summed E-state index contributed by atoms with van der Waals surface area (Å²) in [6.07, 6.45) is 2.89. The van der Waals surface area contributed by atoms with Gasteiger partial charge in [-0.1, -0.05) is 0 Å². The third-order valence-corrected chi connectivity index (χ3v) is 3.20. The van der Waals surface area contributed by atoms with Crippen LogP contribution in [0.15, 0.2) is 0 Å². The quantitative estimate of drug-likeness (QED) is 0.729. The average molecular weight is 210 g/mol. The summed E-state index contributed by atoms with van der Waals surface area (Å²) < 4.78 is 0. The molecule has 2 amide bonds. The Kier molecular flexibility index (Phi) is 2.93. The molecule has 0 aromatic carbocycles. The third-order valence-electron chi connectivity index (χ3n) is 3.20. The van der Waals surface area contributed by atoms with E-state index in [2.05, 4.69) is 5.32 Å². The van der Waals surface area contributed by atoms with Crippen molar-refractivity contribution in [3.05, 3.63) is 0 Å². The van der Waals surface area contributed by atoms with Gasteiger partial charge in [0.2, 0.25) is 11.8 Å². The minimum absolute atomic E-state index is 0.0100. The van der Waals surface area contributed by atoms with Gasteiger partial charge in [-0.3, -0.25) is 9.59 Å². The molecule has 0 spiro atoms. The van der Waals surface area contributed by atoms with Crippen LogP contribution < -0.4 is 5.32 Å². The van der Waals surface area contributed by atoms with E-state index in [0.717, 1.165) is 19.0 Å². The first-order valence-corrected chi connectivity index (χ1v) is 5.76. The molecule has 2 rings (SSSR count). The lowest BCUT2D eigenvalue weighted by Gasteiger charge is -2.23. The topological polar surface area (TPSA) is 49.4 Å². The number of carbonyl (C=O) groups excluding carboxylic acids is 2. The van der Waals surface area contributed by atoms with Crippen molar-refractivity contribution >= 4 is 11.8 Å². The highest BCUT2D eigenvalue weighted by molar-refractivity contribution is 5.89. The Hall–Kier alpha value is -1.06. The van der Waals surface area contributed by atoms with Gasteiger partial charge in [-0.25, -0.2) is 0 Å². The molecule has 0 aromatic heterocycles. The summed E-state index contributed by atoms with van der Waals surface area (Å²) in [6, 6.07) is 0. The van der Waals surface area contributed by atoms with Crippen LogP contribution in [0.1, 0.15) is 26.2 Å². The zero-order valence-electron chi connectivity index (χ0n) is 9.16. The highest BCUT2D eigenvalue weighted by Crippen LogP contribution is 2.30. The summed E-state index contributed by atoms with van der Waals surface area (Å²) in [7, 11) is 0. The van der Waals surface area contributed by atoms with Crippen LogP contribution in [0.25, 0.3) is 0 Å². The number of carbonyl (C=O) groups is 2. The van der Waals surface area contributed by atoms with Crippen LogP contribution >= 0.6 is 0 Å². The van der Waals surface area contributed by atoms with Crippen molar-refractivity contribution in [3.63, 3.8) is 0 Å². The monoisotopic (exact) mass is 210 g/mol. The molecular formula is C11H18N2O2. The van der Waals surface area contributed by atoms with Crippen molar-refractivity contribution in [3.8, 4) is 0 Å². The van der Waals surface area contributed by atoms with E-state index in [1.807, 2.05) is 11.8 Å². The normalized spacial score (nSPS) is 25.1. The number of amides is 2. The Morgan fingerprint density at radius 2 is 2.27 bits per heavy atom. The number of nitrogens with zero attached hydrogens (tertiary/aromatic N) is 1. The Balaban J connectivity index is 1.88. The molecule has 1 aliphatic heterocycles. The second-order valence-electron chi connectivity index (χ2n) is 4.53. The van der Waals surface area contributed by atoms with Gasteiger partial charge in [0, 0.05) is 26.1 Å². The Morgan fingerprint density at radius 3 is 2.73 bits per heavy atom. The fourth-order valence-corrected chi connectivity index (χ4v) is 2.02. The second kappa shape index (κ2) is 4.21. The van der Waals surface area contributed by atoms with Crippen LogP contribution in [0, 0.1) is 11.8 Å². The van der Waals surface area contributed by atoms with E-state index in [1.165, 1.54) is 12.8 Å². The summed E-state index contributed by atoms with van der Waals surface area (Å²) in [5.41, 5.74) is 0. The van der Waals surface area contributed by atoms with E-state index >= 15 is 0 Å². The SMILES string of the molecule is CCN(CC1CC1)C(=O)C1CNC(=O)C1. The van der Waals surface area contributed by atoms with Gasteiger partial charge in [-0.2, -0.15) is 0 Å². The van der Waals surface area contributed by atoms with E-state index in [1.54, 1.807) is 0 Å². The molecule has 1 atom stereocenters. The van der Waals surface area contributed by atoms with E-state index in [4.69, 9.17) is 0 Å². The summed E-state index contributed by atoms with van der Waals surface area (Å²) in [5, 5.41) is 2.71. The molecule has 4 nitrogen and oxygen atoms in total. The molecule has 2 aliphatic rings. The highest BCUT2D eigenvalue weighted by atomic mass is 16.2. The second-order valence-corrected chi connectivity index (χ2v) is 4.53. The standard InChI is InChI=1S/C11H18N2O2/c1-2-13(7-8-3-4-8)11(15)9-5-10(14)12-6-9/h8-9H,2-7H2,1H3,(H,12,14). The van der Waals surface area contributed by atoms with Gasteiger partial charge in [0.1, 0.15) is 0 Å². The summed E-state index contributed by atoms with van der Waals surface area (Å²) >= 11 is 0. The first kappa shape index (κ1) is 10.5. The van der Waals surface area contributed by atoms with Gasteiger partial charge >= 0.3 is 0 Å². The maximum Gasteiger partial charge on any atom is 0.227 e. The van der Waals surface area contributed by atoms with Gasteiger partial charge in [-0.05, 0) is 25.7 Å². The fourth-order valence-electron chi connectivity index (χ4n) is 2.02. The lowest BCUT2D eigenvalue weighted by atomic mass is 10.1. The van der Waals surface area contributed by atoms with Crippen LogP contribution in [0.3, 0.4) is 0 Å². The van der Waals surface area contributed by atoms with Crippen molar-refractivity contribution in [1.82, 2.24) is 10.2 Å². The Labute approximate surface area is 90.0 Å². The molecule has 1 heterocycles. The van der Waals surface area contributed by atoms with E-state index < -0.39 is 0 Å². The van der Waals surface area contributed by atoms with Crippen molar-refractivity contribution in [1.29, 1.82) is 0 Å².